The largest absolute Gasteiger partial charge is 0.465 e. The number of hydrogen-bond acceptors (Lipinski definition) is 4. The summed E-state index contributed by atoms with van der Waals surface area (Å²) in [4.78, 5) is 13.6. The lowest BCUT2D eigenvalue weighted by Gasteiger charge is -2.29. The van der Waals surface area contributed by atoms with Crippen molar-refractivity contribution in [3.05, 3.63) is 0 Å². The maximum atomic E-state index is 11.4. The molecule has 17 heavy (non-hydrogen) atoms. The molecule has 100 valence electrons. The van der Waals surface area contributed by atoms with Gasteiger partial charge in [0.25, 0.3) is 0 Å². The van der Waals surface area contributed by atoms with Crippen LogP contribution in [0.5, 0.6) is 0 Å². The van der Waals surface area contributed by atoms with Gasteiger partial charge in [0, 0.05) is 19.1 Å². The molecule has 0 bridgehead atoms. The maximum absolute atomic E-state index is 11.4. The fraction of sp³-hybridized carbons (Fsp3) is 0.917. The van der Waals surface area contributed by atoms with E-state index in [-0.39, 0.29) is 18.4 Å². The van der Waals surface area contributed by atoms with E-state index in [4.69, 9.17) is 10.5 Å². The van der Waals surface area contributed by atoms with Gasteiger partial charge in [0.1, 0.15) is 0 Å². The van der Waals surface area contributed by atoms with E-state index < -0.39 is 0 Å². The number of nitrogens with zero attached hydrogens (tertiary/aromatic N) is 1. The van der Waals surface area contributed by atoms with E-state index in [0.29, 0.717) is 31.0 Å². The normalized spacial score (nSPS) is 32.7. The molecule has 2 fully saturated rings. The molecule has 0 radical (unpaired) electrons. The molecule has 3 unspecified atom stereocenters. The van der Waals surface area contributed by atoms with E-state index in [9.17, 15) is 4.79 Å². The number of rotatable bonds is 3. The predicted molar refractivity (Wildman–Crippen MR) is 69.1 cm³/mol. The molecule has 5 heteroatoms. The van der Waals surface area contributed by atoms with Crippen LogP contribution in [0.25, 0.3) is 0 Å². The Bertz CT molecular complexity index is 263. The number of ether oxygens (including phenoxy) is 1. The van der Waals surface area contributed by atoms with Crippen molar-refractivity contribution in [2.45, 2.75) is 32.2 Å². The molecule has 0 aromatic rings. The summed E-state index contributed by atoms with van der Waals surface area (Å²) in [5, 5.41) is 0. The SMILES string of the molecule is CCOC(=O)CN1CC2CCCC(N)C2C1.Cl. The van der Waals surface area contributed by atoms with Crippen LogP contribution in [0, 0.1) is 11.8 Å². The fourth-order valence-electron chi connectivity index (χ4n) is 3.13. The molecule has 4 nitrogen and oxygen atoms in total. The van der Waals surface area contributed by atoms with Gasteiger partial charge in [-0.25, -0.2) is 0 Å². The third kappa shape index (κ3) is 3.57. The first kappa shape index (κ1) is 14.7. The molecule has 2 aliphatic rings. The van der Waals surface area contributed by atoms with Crippen LogP contribution in [0.15, 0.2) is 0 Å². The lowest BCUT2D eigenvalue weighted by atomic mass is 9.78. The Kier molecular flexibility index (Phi) is 5.70. The minimum absolute atomic E-state index is 0. The first-order valence-corrected chi connectivity index (χ1v) is 6.34. The van der Waals surface area contributed by atoms with Crippen molar-refractivity contribution in [3.63, 3.8) is 0 Å². The number of hydrogen-bond donors (Lipinski definition) is 1. The van der Waals surface area contributed by atoms with E-state index in [2.05, 4.69) is 4.90 Å². The van der Waals surface area contributed by atoms with Gasteiger partial charge in [-0.15, -0.1) is 12.4 Å². The second-order valence-corrected chi connectivity index (χ2v) is 5.02. The summed E-state index contributed by atoms with van der Waals surface area (Å²) in [6, 6.07) is 0.339. The Morgan fingerprint density at radius 1 is 1.41 bits per heavy atom. The molecular formula is C12H23ClN2O2. The van der Waals surface area contributed by atoms with Crippen LogP contribution < -0.4 is 5.73 Å². The van der Waals surface area contributed by atoms with Gasteiger partial charge in [0.2, 0.25) is 0 Å². The summed E-state index contributed by atoms with van der Waals surface area (Å²) in [6.07, 6.45) is 3.67. The van der Waals surface area contributed by atoms with E-state index in [0.717, 1.165) is 19.5 Å². The summed E-state index contributed by atoms with van der Waals surface area (Å²) in [6.45, 7) is 4.76. The lowest BCUT2D eigenvalue weighted by molar-refractivity contribution is -0.144. The third-order valence-electron chi connectivity index (χ3n) is 3.89. The summed E-state index contributed by atoms with van der Waals surface area (Å²) >= 11 is 0. The highest BCUT2D eigenvalue weighted by molar-refractivity contribution is 5.85. The standard InChI is InChI=1S/C12H22N2O2.ClH/c1-2-16-12(15)8-14-6-9-4-3-5-11(13)10(9)7-14;/h9-11H,2-8,13H2,1H3;1H. The second kappa shape index (κ2) is 6.57. The smallest absolute Gasteiger partial charge is 0.320 e. The van der Waals surface area contributed by atoms with E-state index in [1.807, 2.05) is 6.92 Å². The quantitative estimate of drug-likeness (QED) is 0.772. The molecule has 0 amide bonds. The first-order chi connectivity index (χ1) is 7.70. The maximum Gasteiger partial charge on any atom is 0.320 e. The number of esters is 1. The molecule has 2 rings (SSSR count). The molecule has 0 aromatic heterocycles. The summed E-state index contributed by atoms with van der Waals surface area (Å²) in [5.41, 5.74) is 6.13. The predicted octanol–water partition coefficient (Wildman–Crippen LogP) is 1.03. The van der Waals surface area contributed by atoms with Crippen LogP contribution in [-0.2, 0) is 9.53 Å². The molecule has 0 spiro atoms. The molecule has 0 aromatic carbocycles. The molecule has 1 heterocycles. The van der Waals surface area contributed by atoms with Crippen molar-refractivity contribution >= 4 is 18.4 Å². The Balaban J connectivity index is 0.00000144. The molecule has 1 saturated carbocycles. The topological polar surface area (TPSA) is 55.6 Å². The van der Waals surface area contributed by atoms with Crippen LogP contribution >= 0.6 is 12.4 Å². The summed E-state index contributed by atoms with van der Waals surface area (Å²) < 4.78 is 4.97. The van der Waals surface area contributed by atoms with Crippen LogP contribution in [0.4, 0.5) is 0 Å². The minimum Gasteiger partial charge on any atom is -0.465 e. The third-order valence-corrected chi connectivity index (χ3v) is 3.89. The van der Waals surface area contributed by atoms with Gasteiger partial charge in [-0.05, 0) is 31.6 Å². The van der Waals surface area contributed by atoms with Crippen molar-refractivity contribution in [1.29, 1.82) is 0 Å². The van der Waals surface area contributed by atoms with Crippen molar-refractivity contribution in [2.75, 3.05) is 26.2 Å². The number of fused-ring (bicyclic) bond motifs is 1. The van der Waals surface area contributed by atoms with Crippen molar-refractivity contribution in [2.24, 2.45) is 17.6 Å². The van der Waals surface area contributed by atoms with E-state index >= 15 is 0 Å². The Labute approximate surface area is 109 Å². The van der Waals surface area contributed by atoms with E-state index in [1.165, 1.54) is 12.8 Å². The van der Waals surface area contributed by atoms with E-state index in [1.54, 1.807) is 0 Å². The number of carbonyl (C=O) groups is 1. The molecular weight excluding hydrogens is 240 g/mol. The van der Waals surface area contributed by atoms with Gasteiger partial charge >= 0.3 is 5.97 Å². The summed E-state index contributed by atoms with van der Waals surface area (Å²) in [7, 11) is 0. The van der Waals surface area contributed by atoms with Crippen molar-refractivity contribution in [1.82, 2.24) is 4.90 Å². The molecule has 1 aliphatic heterocycles. The van der Waals surface area contributed by atoms with Crippen molar-refractivity contribution in [3.8, 4) is 0 Å². The van der Waals surface area contributed by atoms with Gasteiger partial charge in [-0.3, -0.25) is 9.69 Å². The second-order valence-electron chi connectivity index (χ2n) is 5.02. The zero-order valence-corrected chi connectivity index (χ0v) is 11.2. The molecule has 1 aliphatic carbocycles. The molecule has 3 atom stereocenters. The fourth-order valence-corrected chi connectivity index (χ4v) is 3.13. The number of nitrogens with two attached hydrogens (primary N) is 1. The van der Waals surface area contributed by atoms with Crippen LogP contribution in [-0.4, -0.2) is 43.2 Å². The number of likely N-dealkylation sites (tertiary alicyclic amines) is 1. The summed E-state index contributed by atoms with van der Waals surface area (Å²) in [5.74, 6) is 1.20. The Morgan fingerprint density at radius 2 is 2.18 bits per heavy atom. The van der Waals surface area contributed by atoms with Crippen molar-refractivity contribution < 1.29 is 9.53 Å². The van der Waals surface area contributed by atoms with Gasteiger partial charge < -0.3 is 10.5 Å². The average Bonchev–Trinajstić information content (AvgIpc) is 2.62. The monoisotopic (exact) mass is 262 g/mol. The highest BCUT2D eigenvalue weighted by atomic mass is 35.5. The Morgan fingerprint density at radius 3 is 2.82 bits per heavy atom. The lowest BCUT2D eigenvalue weighted by Crippen LogP contribution is -2.38. The molecule has 2 N–H and O–H groups in total. The molecule has 1 saturated heterocycles. The van der Waals surface area contributed by atoms with Crippen LogP contribution in [0.2, 0.25) is 0 Å². The number of carbonyl (C=O) groups excluding carboxylic acids is 1. The number of halogens is 1. The first-order valence-electron chi connectivity index (χ1n) is 6.34. The van der Waals surface area contributed by atoms with Gasteiger partial charge in [-0.2, -0.15) is 0 Å². The zero-order valence-electron chi connectivity index (χ0n) is 10.4. The van der Waals surface area contributed by atoms with Crippen LogP contribution in [0.1, 0.15) is 26.2 Å². The average molecular weight is 263 g/mol. The minimum atomic E-state index is -0.102. The zero-order chi connectivity index (χ0) is 11.5. The van der Waals surface area contributed by atoms with Gasteiger partial charge in [0.15, 0.2) is 0 Å². The van der Waals surface area contributed by atoms with Crippen LogP contribution in [0.3, 0.4) is 0 Å². The highest BCUT2D eigenvalue weighted by Crippen LogP contribution is 2.35. The highest BCUT2D eigenvalue weighted by Gasteiger charge is 2.39. The van der Waals surface area contributed by atoms with Gasteiger partial charge in [0.05, 0.1) is 13.2 Å². The van der Waals surface area contributed by atoms with Gasteiger partial charge in [-0.1, -0.05) is 6.42 Å². The Hall–Kier alpha value is -0.320.